The maximum absolute atomic E-state index is 13.0. The van der Waals surface area contributed by atoms with E-state index in [0.717, 1.165) is 42.4 Å². The van der Waals surface area contributed by atoms with E-state index in [1.165, 1.54) is 5.56 Å². The Balaban J connectivity index is 1.62. The van der Waals surface area contributed by atoms with Crippen molar-refractivity contribution in [2.45, 2.75) is 33.1 Å². The topological polar surface area (TPSA) is 49.3 Å². The van der Waals surface area contributed by atoms with Crippen LogP contribution in [0, 0.1) is 6.92 Å². The summed E-state index contributed by atoms with van der Waals surface area (Å²) in [7, 11) is 0. The Kier molecular flexibility index (Phi) is 6.75. The van der Waals surface area contributed by atoms with Crippen molar-refractivity contribution in [3.8, 4) is 11.4 Å². The lowest BCUT2D eigenvalue weighted by atomic mass is 10.0. The summed E-state index contributed by atoms with van der Waals surface area (Å²) in [4.78, 5) is 27.1. The van der Waals surface area contributed by atoms with Crippen LogP contribution in [0.3, 0.4) is 0 Å². The molecule has 0 radical (unpaired) electrons. The summed E-state index contributed by atoms with van der Waals surface area (Å²) in [6, 6.07) is 17.3. The van der Waals surface area contributed by atoms with Crippen LogP contribution in [0.5, 0.6) is 0 Å². The first-order valence-corrected chi connectivity index (χ1v) is 11.6. The zero-order valence-electron chi connectivity index (χ0n) is 18.9. The van der Waals surface area contributed by atoms with Gasteiger partial charge in [0.15, 0.2) is 5.82 Å². The van der Waals surface area contributed by atoms with Gasteiger partial charge in [0, 0.05) is 53.6 Å². The third-order valence-corrected chi connectivity index (χ3v) is 6.11. The van der Waals surface area contributed by atoms with Crippen LogP contribution in [0.15, 0.2) is 54.6 Å². The average Bonchev–Trinajstić information content (AvgIpc) is 3.04. The Morgan fingerprint density at radius 3 is 2.47 bits per heavy atom. The number of nitrogens with zero attached hydrogens (tertiary/aromatic N) is 4. The second-order valence-corrected chi connectivity index (χ2v) is 8.97. The predicted octanol–water partition coefficient (Wildman–Crippen LogP) is 5.58. The SMILES string of the molecule is Cc1nc(-c2ccccc2)nc(N2CCCN(C(=O)c3cccc(Cl)c3)CC2)c1C(C)C. The molecule has 5 nitrogen and oxygen atoms in total. The highest BCUT2D eigenvalue weighted by atomic mass is 35.5. The van der Waals surface area contributed by atoms with Gasteiger partial charge < -0.3 is 9.80 Å². The summed E-state index contributed by atoms with van der Waals surface area (Å²) in [5, 5.41) is 0.582. The van der Waals surface area contributed by atoms with E-state index in [2.05, 4.69) is 25.7 Å². The summed E-state index contributed by atoms with van der Waals surface area (Å²) in [5.74, 6) is 2.08. The molecule has 1 aliphatic heterocycles. The number of anilines is 1. The van der Waals surface area contributed by atoms with Gasteiger partial charge in [-0.25, -0.2) is 9.97 Å². The van der Waals surface area contributed by atoms with Crippen LogP contribution in [-0.2, 0) is 0 Å². The Hall–Kier alpha value is -2.92. The molecular formula is C26H29ClN4O. The minimum absolute atomic E-state index is 0.0299. The Morgan fingerprint density at radius 1 is 0.969 bits per heavy atom. The van der Waals surface area contributed by atoms with Gasteiger partial charge in [0.25, 0.3) is 5.91 Å². The molecule has 0 atom stereocenters. The predicted molar refractivity (Wildman–Crippen MR) is 130 cm³/mol. The monoisotopic (exact) mass is 448 g/mol. The van der Waals surface area contributed by atoms with Gasteiger partial charge in [-0.15, -0.1) is 0 Å². The molecule has 1 aliphatic rings. The summed E-state index contributed by atoms with van der Waals surface area (Å²) in [6.45, 7) is 9.38. The maximum atomic E-state index is 13.0. The quantitative estimate of drug-likeness (QED) is 0.522. The zero-order valence-corrected chi connectivity index (χ0v) is 19.6. The molecule has 1 saturated heterocycles. The van der Waals surface area contributed by atoms with E-state index in [4.69, 9.17) is 21.6 Å². The number of amides is 1. The van der Waals surface area contributed by atoms with Crippen LogP contribution in [0.1, 0.15) is 47.8 Å². The van der Waals surface area contributed by atoms with E-state index in [-0.39, 0.29) is 5.91 Å². The number of rotatable bonds is 4. The fourth-order valence-corrected chi connectivity index (χ4v) is 4.53. The van der Waals surface area contributed by atoms with E-state index in [1.807, 2.05) is 47.4 Å². The molecule has 1 fully saturated rings. The van der Waals surface area contributed by atoms with Gasteiger partial charge in [0.1, 0.15) is 5.82 Å². The largest absolute Gasteiger partial charge is 0.354 e. The molecule has 166 valence electrons. The number of hydrogen-bond donors (Lipinski definition) is 0. The van der Waals surface area contributed by atoms with Crippen molar-refractivity contribution >= 4 is 23.3 Å². The Labute approximate surface area is 195 Å². The highest BCUT2D eigenvalue weighted by Crippen LogP contribution is 2.31. The summed E-state index contributed by atoms with van der Waals surface area (Å²) in [5.41, 5.74) is 3.84. The van der Waals surface area contributed by atoms with E-state index >= 15 is 0 Å². The number of aryl methyl sites for hydroxylation is 1. The molecule has 0 unspecified atom stereocenters. The van der Waals surface area contributed by atoms with Crippen LogP contribution in [-0.4, -0.2) is 47.0 Å². The number of benzene rings is 2. The molecule has 2 aromatic carbocycles. The molecule has 1 amide bonds. The molecular weight excluding hydrogens is 420 g/mol. The normalized spacial score (nSPS) is 14.5. The summed E-state index contributed by atoms with van der Waals surface area (Å²) in [6.07, 6.45) is 0.883. The highest BCUT2D eigenvalue weighted by Gasteiger charge is 2.25. The lowest BCUT2D eigenvalue weighted by Gasteiger charge is -2.27. The molecule has 0 aliphatic carbocycles. The third-order valence-electron chi connectivity index (χ3n) is 5.88. The summed E-state index contributed by atoms with van der Waals surface area (Å²) < 4.78 is 0. The molecule has 1 aromatic heterocycles. The Morgan fingerprint density at radius 2 is 1.75 bits per heavy atom. The van der Waals surface area contributed by atoms with Gasteiger partial charge in [-0.05, 0) is 37.5 Å². The first-order valence-electron chi connectivity index (χ1n) is 11.2. The van der Waals surface area contributed by atoms with Crippen molar-refractivity contribution in [2.75, 3.05) is 31.1 Å². The summed E-state index contributed by atoms with van der Waals surface area (Å²) >= 11 is 6.10. The van der Waals surface area contributed by atoms with Crippen LogP contribution in [0.2, 0.25) is 5.02 Å². The molecule has 4 rings (SSSR count). The Bertz CT molecular complexity index is 1100. The van der Waals surface area contributed by atoms with Gasteiger partial charge in [0.2, 0.25) is 0 Å². The van der Waals surface area contributed by atoms with Crippen LogP contribution in [0.25, 0.3) is 11.4 Å². The van der Waals surface area contributed by atoms with Gasteiger partial charge in [0.05, 0.1) is 0 Å². The van der Waals surface area contributed by atoms with E-state index in [1.54, 1.807) is 12.1 Å². The molecule has 6 heteroatoms. The average molecular weight is 449 g/mol. The van der Waals surface area contributed by atoms with Crippen molar-refractivity contribution in [1.29, 1.82) is 0 Å². The van der Waals surface area contributed by atoms with E-state index < -0.39 is 0 Å². The molecule has 0 N–H and O–H groups in total. The second kappa shape index (κ2) is 9.70. The van der Waals surface area contributed by atoms with Crippen LogP contribution < -0.4 is 4.90 Å². The van der Waals surface area contributed by atoms with Gasteiger partial charge >= 0.3 is 0 Å². The van der Waals surface area contributed by atoms with E-state index in [0.29, 0.717) is 29.6 Å². The molecule has 2 heterocycles. The van der Waals surface area contributed by atoms with Crippen molar-refractivity contribution in [1.82, 2.24) is 14.9 Å². The fraction of sp³-hybridized carbons (Fsp3) is 0.346. The standard InChI is InChI=1S/C26H29ClN4O/c1-18(2)23-19(3)28-24(20-9-5-4-6-10-20)29-25(23)30-13-8-14-31(16-15-30)26(32)21-11-7-12-22(27)17-21/h4-7,9-12,17-18H,8,13-16H2,1-3H3. The molecule has 0 bridgehead atoms. The lowest BCUT2D eigenvalue weighted by Crippen LogP contribution is -2.35. The maximum Gasteiger partial charge on any atom is 0.253 e. The second-order valence-electron chi connectivity index (χ2n) is 8.53. The number of hydrogen-bond acceptors (Lipinski definition) is 4. The first kappa shape index (κ1) is 22.3. The zero-order chi connectivity index (χ0) is 22.7. The number of aromatic nitrogens is 2. The van der Waals surface area contributed by atoms with Crippen molar-refractivity contribution in [3.63, 3.8) is 0 Å². The minimum Gasteiger partial charge on any atom is -0.354 e. The lowest BCUT2D eigenvalue weighted by molar-refractivity contribution is 0.0767. The minimum atomic E-state index is 0.0299. The van der Waals surface area contributed by atoms with Crippen molar-refractivity contribution in [2.24, 2.45) is 0 Å². The highest BCUT2D eigenvalue weighted by molar-refractivity contribution is 6.30. The number of halogens is 1. The van der Waals surface area contributed by atoms with Gasteiger partial charge in [-0.1, -0.05) is 61.8 Å². The van der Waals surface area contributed by atoms with Crippen molar-refractivity contribution < 1.29 is 4.79 Å². The van der Waals surface area contributed by atoms with Crippen LogP contribution in [0.4, 0.5) is 5.82 Å². The van der Waals surface area contributed by atoms with E-state index in [9.17, 15) is 4.79 Å². The van der Waals surface area contributed by atoms with Crippen molar-refractivity contribution in [3.05, 3.63) is 76.4 Å². The molecule has 32 heavy (non-hydrogen) atoms. The first-order chi connectivity index (χ1) is 15.4. The number of carbonyl (C=O) groups is 1. The molecule has 0 spiro atoms. The smallest absolute Gasteiger partial charge is 0.253 e. The fourth-order valence-electron chi connectivity index (χ4n) is 4.34. The molecule has 3 aromatic rings. The van der Waals surface area contributed by atoms with Gasteiger partial charge in [-0.2, -0.15) is 0 Å². The number of carbonyl (C=O) groups excluding carboxylic acids is 1. The van der Waals surface area contributed by atoms with Crippen LogP contribution >= 0.6 is 11.6 Å². The molecule has 0 saturated carbocycles. The third kappa shape index (κ3) is 4.78. The van der Waals surface area contributed by atoms with Gasteiger partial charge in [-0.3, -0.25) is 4.79 Å².